The molecule has 28 heavy (non-hydrogen) atoms. The third kappa shape index (κ3) is 5.09. The lowest BCUT2D eigenvalue weighted by Gasteiger charge is -2.21. The van der Waals surface area contributed by atoms with Crippen LogP contribution in [0.4, 0.5) is 0 Å². The fraction of sp³-hybridized carbons (Fsp3) is 0.409. The van der Waals surface area contributed by atoms with Crippen molar-refractivity contribution >= 4 is 5.91 Å². The average molecular weight is 385 g/mol. The molecule has 1 heterocycles. The van der Waals surface area contributed by atoms with Gasteiger partial charge in [-0.3, -0.25) is 4.79 Å². The number of ether oxygens (including phenoxy) is 4. The number of methoxy groups -OCH3 is 1. The van der Waals surface area contributed by atoms with Crippen molar-refractivity contribution in [2.45, 2.75) is 26.2 Å². The van der Waals surface area contributed by atoms with Gasteiger partial charge in [-0.05, 0) is 42.7 Å². The fourth-order valence-corrected chi connectivity index (χ4v) is 2.91. The number of amides is 1. The van der Waals surface area contributed by atoms with Crippen molar-refractivity contribution in [3.63, 3.8) is 0 Å². The van der Waals surface area contributed by atoms with E-state index >= 15 is 0 Å². The van der Waals surface area contributed by atoms with Crippen LogP contribution in [0.2, 0.25) is 0 Å². The summed E-state index contributed by atoms with van der Waals surface area (Å²) >= 11 is 0. The Morgan fingerprint density at radius 3 is 2.68 bits per heavy atom. The molecule has 0 fully saturated rings. The van der Waals surface area contributed by atoms with Crippen LogP contribution in [-0.4, -0.2) is 39.4 Å². The van der Waals surface area contributed by atoms with Crippen LogP contribution in [0.1, 0.15) is 35.7 Å². The van der Waals surface area contributed by atoms with Crippen LogP contribution in [0, 0.1) is 0 Å². The Kier molecular flexibility index (Phi) is 7.00. The monoisotopic (exact) mass is 385 g/mol. The van der Waals surface area contributed by atoms with Crippen molar-refractivity contribution in [2.24, 2.45) is 0 Å². The van der Waals surface area contributed by atoms with Crippen LogP contribution in [0.25, 0.3) is 0 Å². The quantitative estimate of drug-likeness (QED) is 0.668. The molecule has 1 amide bonds. The Bertz CT molecular complexity index is 771. The predicted molar refractivity (Wildman–Crippen MR) is 107 cm³/mol. The topological polar surface area (TPSA) is 66.0 Å². The van der Waals surface area contributed by atoms with E-state index in [1.807, 2.05) is 24.3 Å². The Labute approximate surface area is 165 Å². The van der Waals surface area contributed by atoms with Crippen LogP contribution in [0.3, 0.4) is 0 Å². The first-order valence-electron chi connectivity index (χ1n) is 9.69. The van der Waals surface area contributed by atoms with Gasteiger partial charge in [0.15, 0.2) is 11.5 Å². The molecule has 1 aliphatic rings. The third-order valence-electron chi connectivity index (χ3n) is 4.48. The molecule has 0 spiro atoms. The van der Waals surface area contributed by atoms with Crippen molar-refractivity contribution in [1.29, 1.82) is 0 Å². The molecule has 0 aliphatic carbocycles. The highest BCUT2D eigenvalue weighted by Gasteiger charge is 2.20. The summed E-state index contributed by atoms with van der Waals surface area (Å²) in [6.45, 7) is 4.34. The van der Waals surface area contributed by atoms with Gasteiger partial charge < -0.3 is 24.3 Å². The average Bonchev–Trinajstić information content (AvgIpc) is 2.74. The number of benzene rings is 2. The second kappa shape index (κ2) is 9.88. The summed E-state index contributed by atoms with van der Waals surface area (Å²) in [4.78, 5) is 12.5. The van der Waals surface area contributed by atoms with Crippen LogP contribution in [0.15, 0.2) is 36.4 Å². The Morgan fingerprint density at radius 1 is 1.14 bits per heavy atom. The van der Waals surface area contributed by atoms with Crippen molar-refractivity contribution in [3.05, 3.63) is 47.5 Å². The number of hydrogen-bond donors (Lipinski definition) is 1. The van der Waals surface area contributed by atoms with Gasteiger partial charge in [-0.15, -0.1) is 0 Å². The molecule has 3 rings (SSSR count). The van der Waals surface area contributed by atoms with Gasteiger partial charge in [0.1, 0.15) is 19.0 Å². The third-order valence-corrected chi connectivity index (χ3v) is 4.48. The van der Waals surface area contributed by atoms with E-state index in [0.29, 0.717) is 42.6 Å². The van der Waals surface area contributed by atoms with Crippen LogP contribution < -0.4 is 24.3 Å². The SMILES string of the molecule is CCCCOc1ccc(CCNC(=O)c2cc(OC)c3c(c2)OCCO3)cc1. The molecule has 150 valence electrons. The standard InChI is InChI=1S/C22H27NO5/c1-3-4-11-26-18-7-5-16(6-8-18)9-10-23-22(24)17-14-19(25-2)21-20(15-17)27-12-13-28-21/h5-8,14-15H,3-4,9-13H2,1-2H3,(H,23,24). The summed E-state index contributed by atoms with van der Waals surface area (Å²) in [5.41, 5.74) is 1.63. The molecule has 0 atom stereocenters. The van der Waals surface area contributed by atoms with E-state index in [1.165, 1.54) is 0 Å². The minimum Gasteiger partial charge on any atom is -0.494 e. The molecule has 2 aromatic rings. The van der Waals surface area contributed by atoms with E-state index in [4.69, 9.17) is 18.9 Å². The molecule has 6 nitrogen and oxygen atoms in total. The fourth-order valence-electron chi connectivity index (χ4n) is 2.91. The first-order chi connectivity index (χ1) is 13.7. The van der Waals surface area contributed by atoms with E-state index in [2.05, 4.69) is 12.2 Å². The van der Waals surface area contributed by atoms with Crippen molar-refractivity contribution < 1.29 is 23.7 Å². The van der Waals surface area contributed by atoms with Crippen molar-refractivity contribution in [2.75, 3.05) is 33.5 Å². The molecule has 0 saturated heterocycles. The maximum absolute atomic E-state index is 12.5. The van der Waals surface area contributed by atoms with Gasteiger partial charge in [-0.2, -0.15) is 0 Å². The molecule has 0 unspecified atom stereocenters. The number of carbonyl (C=O) groups excluding carboxylic acids is 1. The molecule has 6 heteroatoms. The van der Waals surface area contributed by atoms with Gasteiger partial charge in [0.25, 0.3) is 5.91 Å². The Morgan fingerprint density at radius 2 is 1.93 bits per heavy atom. The highest BCUT2D eigenvalue weighted by molar-refractivity contribution is 5.95. The highest BCUT2D eigenvalue weighted by Crippen LogP contribution is 2.40. The molecular formula is C22H27NO5. The van der Waals surface area contributed by atoms with Crippen molar-refractivity contribution in [1.82, 2.24) is 5.32 Å². The largest absolute Gasteiger partial charge is 0.494 e. The number of fused-ring (bicyclic) bond motifs is 1. The lowest BCUT2D eigenvalue weighted by Crippen LogP contribution is -2.26. The Hall–Kier alpha value is -2.89. The maximum atomic E-state index is 12.5. The van der Waals surface area contributed by atoms with E-state index < -0.39 is 0 Å². The lowest BCUT2D eigenvalue weighted by molar-refractivity contribution is 0.0952. The van der Waals surface area contributed by atoms with E-state index in [9.17, 15) is 4.79 Å². The molecule has 1 aliphatic heterocycles. The zero-order valence-corrected chi connectivity index (χ0v) is 16.5. The van der Waals surface area contributed by atoms with Crippen LogP contribution >= 0.6 is 0 Å². The molecule has 1 N–H and O–H groups in total. The molecular weight excluding hydrogens is 358 g/mol. The summed E-state index contributed by atoms with van der Waals surface area (Å²) < 4.78 is 22.1. The summed E-state index contributed by atoms with van der Waals surface area (Å²) in [6, 6.07) is 11.4. The van der Waals surface area contributed by atoms with Gasteiger partial charge >= 0.3 is 0 Å². The zero-order valence-electron chi connectivity index (χ0n) is 16.5. The zero-order chi connectivity index (χ0) is 19.8. The van der Waals surface area contributed by atoms with E-state index in [1.54, 1.807) is 19.2 Å². The molecule has 0 bridgehead atoms. The summed E-state index contributed by atoms with van der Waals surface area (Å²) in [5, 5.41) is 2.94. The maximum Gasteiger partial charge on any atom is 0.251 e. The van der Waals surface area contributed by atoms with Gasteiger partial charge in [-0.1, -0.05) is 25.5 Å². The molecule has 0 saturated carbocycles. The van der Waals surface area contributed by atoms with E-state index in [0.717, 1.165) is 37.2 Å². The van der Waals surface area contributed by atoms with Gasteiger partial charge in [0.2, 0.25) is 5.75 Å². The number of nitrogens with one attached hydrogen (secondary N) is 1. The second-order valence-corrected chi connectivity index (χ2v) is 6.55. The molecule has 2 aromatic carbocycles. The lowest BCUT2D eigenvalue weighted by atomic mass is 10.1. The van der Waals surface area contributed by atoms with E-state index in [-0.39, 0.29) is 5.91 Å². The predicted octanol–water partition coefficient (Wildman–Crippen LogP) is 3.62. The first kappa shape index (κ1) is 19.9. The number of hydrogen-bond acceptors (Lipinski definition) is 5. The smallest absolute Gasteiger partial charge is 0.251 e. The van der Waals surface area contributed by atoms with Gasteiger partial charge in [0.05, 0.1) is 13.7 Å². The minimum atomic E-state index is -0.171. The van der Waals surface area contributed by atoms with Gasteiger partial charge in [-0.25, -0.2) is 0 Å². The normalized spacial score (nSPS) is 12.4. The summed E-state index contributed by atoms with van der Waals surface area (Å²) in [6.07, 6.45) is 2.91. The molecule has 0 aromatic heterocycles. The summed E-state index contributed by atoms with van der Waals surface area (Å²) in [5.74, 6) is 2.29. The molecule has 0 radical (unpaired) electrons. The highest BCUT2D eigenvalue weighted by atomic mass is 16.6. The van der Waals surface area contributed by atoms with Crippen LogP contribution in [0.5, 0.6) is 23.0 Å². The van der Waals surface area contributed by atoms with Crippen LogP contribution in [-0.2, 0) is 6.42 Å². The second-order valence-electron chi connectivity index (χ2n) is 6.55. The van der Waals surface area contributed by atoms with Gasteiger partial charge in [0, 0.05) is 12.1 Å². The minimum absolute atomic E-state index is 0.171. The van der Waals surface area contributed by atoms with Crippen molar-refractivity contribution in [3.8, 4) is 23.0 Å². The number of unbranched alkanes of at least 4 members (excludes halogenated alkanes) is 1. The first-order valence-corrected chi connectivity index (χ1v) is 9.69. The Balaban J connectivity index is 1.53. The summed E-state index contributed by atoms with van der Waals surface area (Å²) in [7, 11) is 1.55. The number of rotatable bonds is 9. The number of carbonyl (C=O) groups is 1.